The van der Waals surface area contributed by atoms with Crippen LogP contribution in [0.5, 0.6) is 0 Å². The number of carbonyl (C=O) groups excluding carboxylic acids is 1. The van der Waals surface area contributed by atoms with Crippen molar-refractivity contribution >= 4 is 11.9 Å². The first kappa shape index (κ1) is 16.0. The highest BCUT2D eigenvalue weighted by Gasteiger charge is 2.31. The number of amides is 1. The van der Waals surface area contributed by atoms with Gasteiger partial charge in [-0.2, -0.15) is 0 Å². The van der Waals surface area contributed by atoms with Gasteiger partial charge in [0.05, 0.1) is 12.0 Å². The lowest BCUT2D eigenvalue weighted by molar-refractivity contribution is -0.145. The number of rotatable bonds is 6. The predicted molar refractivity (Wildman–Crippen MR) is 73.5 cm³/mol. The summed E-state index contributed by atoms with van der Waals surface area (Å²) in [5.41, 5.74) is 5.85. The Balaban J connectivity index is 2.46. The van der Waals surface area contributed by atoms with Crippen molar-refractivity contribution in [2.75, 3.05) is 6.54 Å². The van der Waals surface area contributed by atoms with E-state index in [0.29, 0.717) is 13.0 Å². The van der Waals surface area contributed by atoms with Gasteiger partial charge in [0, 0.05) is 6.54 Å². The van der Waals surface area contributed by atoms with E-state index in [1.807, 2.05) is 13.8 Å². The molecule has 5 heteroatoms. The summed E-state index contributed by atoms with van der Waals surface area (Å²) in [6.07, 6.45) is 4.45. The van der Waals surface area contributed by atoms with E-state index >= 15 is 0 Å². The summed E-state index contributed by atoms with van der Waals surface area (Å²) in [5.74, 6) is -1.05. The normalized spacial score (nSPS) is 26.5. The first-order valence-corrected chi connectivity index (χ1v) is 7.23. The molecule has 4 N–H and O–H groups in total. The fraction of sp³-hybridized carbons (Fsp3) is 0.857. The van der Waals surface area contributed by atoms with E-state index in [1.165, 1.54) is 0 Å². The van der Waals surface area contributed by atoms with E-state index in [4.69, 9.17) is 5.73 Å². The summed E-state index contributed by atoms with van der Waals surface area (Å²) in [6.45, 7) is 4.38. The smallest absolute Gasteiger partial charge is 0.306 e. The molecule has 0 radical (unpaired) electrons. The Morgan fingerprint density at radius 2 is 2.00 bits per heavy atom. The number of carboxylic acid groups (broad SMARTS) is 1. The minimum Gasteiger partial charge on any atom is -0.481 e. The van der Waals surface area contributed by atoms with Crippen LogP contribution in [0.25, 0.3) is 0 Å². The Morgan fingerprint density at radius 1 is 1.37 bits per heavy atom. The number of nitrogens with two attached hydrogens (primary N) is 1. The summed E-state index contributed by atoms with van der Waals surface area (Å²) >= 11 is 0. The van der Waals surface area contributed by atoms with Crippen molar-refractivity contribution in [1.82, 2.24) is 5.32 Å². The lowest BCUT2D eigenvalue weighted by atomic mass is 9.79. The third kappa shape index (κ3) is 4.49. The summed E-state index contributed by atoms with van der Waals surface area (Å²) in [6, 6.07) is -0.503. The van der Waals surface area contributed by atoms with E-state index in [9.17, 15) is 14.7 Å². The Morgan fingerprint density at radius 3 is 2.58 bits per heavy atom. The quantitative estimate of drug-likeness (QED) is 0.679. The van der Waals surface area contributed by atoms with Gasteiger partial charge in [0.25, 0.3) is 0 Å². The molecule has 0 saturated heterocycles. The first-order chi connectivity index (χ1) is 8.97. The Kier molecular flexibility index (Phi) is 6.28. The van der Waals surface area contributed by atoms with Crippen LogP contribution in [0.15, 0.2) is 0 Å². The number of carboxylic acids is 1. The topological polar surface area (TPSA) is 92.4 Å². The second-order valence-corrected chi connectivity index (χ2v) is 5.65. The first-order valence-electron chi connectivity index (χ1n) is 7.23. The van der Waals surface area contributed by atoms with E-state index in [0.717, 1.165) is 25.7 Å². The molecule has 0 bridgehead atoms. The van der Waals surface area contributed by atoms with Crippen LogP contribution in [0.3, 0.4) is 0 Å². The van der Waals surface area contributed by atoms with Gasteiger partial charge < -0.3 is 16.2 Å². The Labute approximate surface area is 114 Å². The second kappa shape index (κ2) is 7.48. The molecular weight excluding hydrogens is 244 g/mol. The molecule has 110 valence electrons. The molecule has 4 atom stereocenters. The molecule has 1 amide bonds. The van der Waals surface area contributed by atoms with Crippen LogP contribution in [0.1, 0.15) is 46.0 Å². The van der Waals surface area contributed by atoms with Gasteiger partial charge in [-0.3, -0.25) is 9.59 Å². The standard InChI is InChI=1S/C14H26N2O3/c1-3-9(2)12(15)13(17)16-8-10-6-4-5-7-11(10)14(18)19/h9-12H,3-8,15H2,1-2H3,(H,16,17)(H,18,19)/t9-,10?,11?,12-/m0/s1. The Bertz CT molecular complexity index is 320. The molecule has 0 aliphatic heterocycles. The average molecular weight is 270 g/mol. The highest BCUT2D eigenvalue weighted by Crippen LogP contribution is 2.29. The average Bonchev–Trinajstić information content (AvgIpc) is 2.43. The van der Waals surface area contributed by atoms with Crippen molar-refractivity contribution in [3.63, 3.8) is 0 Å². The van der Waals surface area contributed by atoms with Gasteiger partial charge in [0.15, 0.2) is 0 Å². The van der Waals surface area contributed by atoms with Gasteiger partial charge in [-0.25, -0.2) is 0 Å². The van der Waals surface area contributed by atoms with E-state index < -0.39 is 12.0 Å². The monoisotopic (exact) mass is 270 g/mol. The molecule has 19 heavy (non-hydrogen) atoms. The predicted octanol–water partition coefficient (Wildman–Crippen LogP) is 1.37. The zero-order valence-electron chi connectivity index (χ0n) is 11.9. The summed E-state index contributed by atoms with van der Waals surface area (Å²) in [7, 11) is 0. The summed E-state index contributed by atoms with van der Waals surface area (Å²) < 4.78 is 0. The molecule has 1 aliphatic carbocycles. The van der Waals surface area contributed by atoms with Gasteiger partial charge >= 0.3 is 5.97 Å². The van der Waals surface area contributed by atoms with Crippen LogP contribution in [-0.2, 0) is 9.59 Å². The van der Waals surface area contributed by atoms with Gasteiger partial charge in [-0.05, 0) is 24.7 Å². The fourth-order valence-corrected chi connectivity index (χ4v) is 2.64. The number of nitrogens with one attached hydrogen (secondary N) is 1. The molecule has 0 aromatic heterocycles. The molecule has 5 nitrogen and oxygen atoms in total. The third-order valence-electron chi connectivity index (χ3n) is 4.32. The molecule has 0 aromatic rings. The fourth-order valence-electron chi connectivity index (χ4n) is 2.64. The van der Waals surface area contributed by atoms with Crippen molar-refractivity contribution in [3.8, 4) is 0 Å². The van der Waals surface area contributed by atoms with Crippen LogP contribution in [0, 0.1) is 17.8 Å². The second-order valence-electron chi connectivity index (χ2n) is 5.65. The van der Waals surface area contributed by atoms with Gasteiger partial charge in [0.2, 0.25) is 5.91 Å². The van der Waals surface area contributed by atoms with Crippen molar-refractivity contribution in [3.05, 3.63) is 0 Å². The molecule has 0 spiro atoms. The van der Waals surface area contributed by atoms with E-state index in [-0.39, 0.29) is 23.7 Å². The number of carbonyl (C=O) groups is 2. The van der Waals surface area contributed by atoms with Crippen LogP contribution in [-0.4, -0.2) is 29.6 Å². The minimum absolute atomic E-state index is 0.0410. The third-order valence-corrected chi connectivity index (χ3v) is 4.32. The Hall–Kier alpha value is -1.10. The van der Waals surface area contributed by atoms with Crippen LogP contribution < -0.4 is 11.1 Å². The lowest BCUT2D eigenvalue weighted by Crippen LogP contribution is -2.47. The molecule has 1 rings (SSSR count). The molecule has 1 aliphatic rings. The maximum atomic E-state index is 11.9. The number of hydrogen-bond donors (Lipinski definition) is 3. The van der Waals surface area contributed by atoms with Crippen LogP contribution in [0.4, 0.5) is 0 Å². The molecule has 0 aromatic carbocycles. The highest BCUT2D eigenvalue weighted by molar-refractivity contribution is 5.81. The molecular formula is C14H26N2O3. The molecule has 1 fully saturated rings. The maximum Gasteiger partial charge on any atom is 0.306 e. The molecule has 0 heterocycles. The lowest BCUT2D eigenvalue weighted by Gasteiger charge is -2.29. The molecule has 1 saturated carbocycles. The maximum absolute atomic E-state index is 11.9. The minimum atomic E-state index is -0.745. The zero-order chi connectivity index (χ0) is 14.4. The SMILES string of the molecule is CC[C@H](C)[C@H](N)C(=O)NCC1CCCCC1C(=O)O. The summed E-state index contributed by atoms with van der Waals surface area (Å²) in [4.78, 5) is 23.0. The van der Waals surface area contributed by atoms with E-state index in [1.54, 1.807) is 0 Å². The van der Waals surface area contributed by atoms with Crippen molar-refractivity contribution in [2.45, 2.75) is 52.0 Å². The van der Waals surface area contributed by atoms with Gasteiger partial charge in [-0.1, -0.05) is 33.1 Å². The largest absolute Gasteiger partial charge is 0.481 e. The number of hydrogen-bond acceptors (Lipinski definition) is 3. The van der Waals surface area contributed by atoms with Gasteiger partial charge in [-0.15, -0.1) is 0 Å². The molecule has 2 unspecified atom stereocenters. The highest BCUT2D eigenvalue weighted by atomic mass is 16.4. The van der Waals surface area contributed by atoms with Crippen molar-refractivity contribution in [2.24, 2.45) is 23.5 Å². The van der Waals surface area contributed by atoms with Crippen LogP contribution in [0.2, 0.25) is 0 Å². The van der Waals surface area contributed by atoms with Gasteiger partial charge in [0.1, 0.15) is 0 Å². The van der Waals surface area contributed by atoms with Crippen molar-refractivity contribution in [1.29, 1.82) is 0 Å². The number of aliphatic carboxylic acids is 1. The van der Waals surface area contributed by atoms with E-state index in [2.05, 4.69) is 5.32 Å². The summed E-state index contributed by atoms with van der Waals surface area (Å²) in [5, 5.41) is 12.0. The zero-order valence-corrected chi connectivity index (χ0v) is 11.9. The van der Waals surface area contributed by atoms with Crippen molar-refractivity contribution < 1.29 is 14.7 Å². The van der Waals surface area contributed by atoms with Crippen LogP contribution >= 0.6 is 0 Å².